The molecule has 3 heteroatoms. The molecular weight excluding hydrogens is 155 g/mol. The van der Waals surface area contributed by atoms with Crippen molar-refractivity contribution in [3.63, 3.8) is 0 Å². The van der Waals surface area contributed by atoms with Gasteiger partial charge in [-0.2, -0.15) is 0 Å². The summed E-state index contributed by atoms with van der Waals surface area (Å²) in [4.78, 5) is 0. The largest absolute Gasteiger partial charge is 0.383 e. The van der Waals surface area contributed by atoms with Gasteiger partial charge in [0.05, 0.1) is 0 Å². The van der Waals surface area contributed by atoms with Crippen LogP contribution in [0, 0.1) is 5.82 Å². The normalized spacial score (nSPS) is 21.3. The van der Waals surface area contributed by atoms with E-state index in [1.54, 1.807) is 6.07 Å². The van der Waals surface area contributed by atoms with E-state index in [1.807, 2.05) is 0 Å². The summed E-state index contributed by atoms with van der Waals surface area (Å²) in [7, 11) is 0. The van der Waals surface area contributed by atoms with Crippen LogP contribution in [0.2, 0.25) is 0 Å². The molecule has 0 unspecified atom stereocenters. The molecule has 12 heavy (non-hydrogen) atoms. The van der Waals surface area contributed by atoms with Crippen molar-refractivity contribution in [3.05, 3.63) is 29.6 Å². The molecule has 0 saturated carbocycles. The number of anilines is 1. The van der Waals surface area contributed by atoms with Crippen LogP contribution in [0.5, 0.6) is 0 Å². The summed E-state index contributed by atoms with van der Waals surface area (Å²) in [5.41, 5.74) is 7.72. The van der Waals surface area contributed by atoms with Crippen LogP contribution in [0.4, 0.5) is 10.1 Å². The summed E-state index contributed by atoms with van der Waals surface area (Å²) in [5, 5.41) is 3.09. The van der Waals surface area contributed by atoms with Crippen LogP contribution in [0.1, 0.15) is 5.56 Å². The maximum Gasteiger partial charge on any atom is 0.125 e. The fourth-order valence-corrected chi connectivity index (χ4v) is 1.49. The number of nitrogens with one attached hydrogen (secondary N) is 1. The second kappa shape index (κ2) is 2.75. The van der Waals surface area contributed by atoms with E-state index >= 15 is 0 Å². The van der Waals surface area contributed by atoms with Crippen LogP contribution >= 0.6 is 0 Å². The molecule has 64 valence electrons. The highest BCUT2D eigenvalue weighted by Gasteiger charge is 2.14. The highest BCUT2D eigenvalue weighted by Crippen LogP contribution is 2.21. The van der Waals surface area contributed by atoms with E-state index in [9.17, 15) is 4.39 Å². The van der Waals surface area contributed by atoms with E-state index in [2.05, 4.69) is 5.32 Å². The minimum absolute atomic E-state index is 0.156. The molecule has 3 N–H and O–H groups in total. The van der Waals surface area contributed by atoms with Gasteiger partial charge in [0.25, 0.3) is 0 Å². The Balaban J connectivity index is 2.37. The second-order valence-corrected chi connectivity index (χ2v) is 3.15. The van der Waals surface area contributed by atoms with Gasteiger partial charge in [0.15, 0.2) is 0 Å². The fourth-order valence-electron chi connectivity index (χ4n) is 1.49. The molecule has 1 aliphatic heterocycles. The first-order valence-electron chi connectivity index (χ1n) is 4.03. The van der Waals surface area contributed by atoms with Crippen LogP contribution < -0.4 is 11.1 Å². The maximum absolute atomic E-state index is 12.7. The summed E-state index contributed by atoms with van der Waals surface area (Å²) in [6.07, 6.45) is 0.836. The third-order valence-corrected chi connectivity index (χ3v) is 2.11. The average molecular weight is 166 g/mol. The quantitative estimate of drug-likeness (QED) is 0.606. The monoisotopic (exact) mass is 166 g/mol. The van der Waals surface area contributed by atoms with Crippen LogP contribution in [-0.2, 0) is 6.42 Å². The SMILES string of the molecule is N[C@H]1CNc2cc(F)ccc2C1. The van der Waals surface area contributed by atoms with E-state index < -0.39 is 0 Å². The van der Waals surface area contributed by atoms with Crippen LogP contribution in [0.25, 0.3) is 0 Å². The van der Waals surface area contributed by atoms with Crippen molar-refractivity contribution in [2.75, 3.05) is 11.9 Å². The number of halogens is 1. The van der Waals surface area contributed by atoms with Crippen molar-refractivity contribution in [1.82, 2.24) is 0 Å². The number of rotatable bonds is 0. The van der Waals surface area contributed by atoms with Crippen molar-refractivity contribution in [2.45, 2.75) is 12.5 Å². The third kappa shape index (κ3) is 1.28. The predicted octanol–water partition coefficient (Wildman–Crippen LogP) is 1.12. The molecule has 0 aromatic heterocycles. The number of fused-ring (bicyclic) bond motifs is 1. The Morgan fingerprint density at radius 3 is 3.17 bits per heavy atom. The highest BCUT2D eigenvalue weighted by molar-refractivity contribution is 5.53. The van der Waals surface area contributed by atoms with Crippen molar-refractivity contribution >= 4 is 5.69 Å². The molecule has 0 aliphatic carbocycles. The zero-order valence-electron chi connectivity index (χ0n) is 6.68. The lowest BCUT2D eigenvalue weighted by molar-refractivity contribution is 0.621. The molecule has 2 rings (SSSR count). The van der Waals surface area contributed by atoms with Crippen molar-refractivity contribution in [1.29, 1.82) is 0 Å². The van der Waals surface area contributed by atoms with E-state index in [-0.39, 0.29) is 11.9 Å². The molecule has 1 aromatic rings. The zero-order chi connectivity index (χ0) is 8.55. The van der Waals surface area contributed by atoms with Crippen LogP contribution in [0.15, 0.2) is 18.2 Å². The molecule has 0 fully saturated rings. The van der Waals surface area contributed by atoms with E-state index in [1.165, 1.54) is 12.1 Å². The molecule has 0 spiro atoms. The predicted molar refractivity (Wildman–Crippen MR) is 46.6 cm³/mol. The van der Waals surface area contributed by atoms with Crippen LogP contribution in [-0.4, -0.2) is 12.6 Å². The zero-order valence-corrected chi connectivity index (χ0v) is 6.68. The highest BCUT2D eigenvalue weighted by atomic mass is 19.1. The van der Waals surface area contributed by atoms with Gasteiger partial charge >= 0.3 is 0 Å². The molecule has 1 aliphatic rings. The van der Waals surface area contributed by atoms with Gasteiger partial charge in [-0.1, -0.05) is 6.07 Å². The van der Waals surface area contributed by atoms with Gasteiger partial charge in [-0.05, 0) is 24.1 Å². The molecule has 1 atom stereocenters. The fraction of sp³-hybridized carbons (Fsp3) is 0.333. The van der Waals surface area contributed by atoms with Gasteiger partial charge in [-0.3, -0.25) is 0 Å². The second-order valence-electron chi connectivity index (χ2n) is 3.15. The maximum atomic E-state index is 12.7. The molecule has 0 saturated heterocycles. The molecule has 0 radical (unpaired) electrons. The number of nitrogens with two attached hydrogens (primary N) is 1. The van der Waals surface area contributed by atoms with Gasteiger partial charge in [0, 0.05) is 18.3 Å². The van der Waals surface area contributed by atoms with Crippen molar-refractivity contribution < 1.29 is 4.39 Å². The molecule has 1 aromatic carbocycles. The minimum Gasteiger partial charge on any atom is -0.383 e. The third-order valence-electron chi connectivity index (χ3n) is 2.11. The molecular formula is C9H11FN2. The average Bonchev–Trinajstić information content (AvgIpc) is 2.05. The molecule has 0 bridgehead atoms. The lowest BCUT2D eigenvalue weighted by Gasteiger charge is -2.22. The van der Waals surface area contributed by atoms with Crippen LogP contribution in [0.3, 0.4) is 0 Å². The molecule has 2 nitrogen and oxygen atoms in total. The van der Waals surface area contributed by atoms with Gasteiger partial charge in [-0.25, -0.2) is 4.39 Å². The van der Waals surface area contributed by atoms with E-state index in [0.717, 1.165) is 24.2 Å². The number of hydrogen-bond donors (Lipinski definition) is 2. The molecule has 0 amide bonds. The standard InChI is InChI=1S/C9H11FN2/c10-7-2-1-6-3-8(11)5-12-9(6)4-7/h1-2,4,8,12H,3,5,11H2/t8-/m1/s1. The Kier molecular flexibility index (Phi) is 1.73. The van der Waals surface area contributed by atoms with Crippen molar-refractivity contribution in [3.8, 4) is 0 Å². The summed E-state index contributed by atoms with van der Waals surface area (Å²) < 4.78 is 12.7. The Bertz CT molecular complexity index is 299. The summed E-state index contributed by atoms with van der Waals surface area (Å²) in [6, 6.07) is 4.93. The topological polar surface area (TPSA) is 38.0 Å². The lowest BCUT2D eigenvalue weighted by atomic mass is 10.0. The number of hydrogen-bond acceptors (Lipinski definition) is 2. The van der Waals surface area contributed by atoms with Gasteiger partial charge in [0.1, 0.15) is 5.82 Å². The first-order chi connectivity index (χ1) is 5.75. The Labute approximate surface area is 70.6 Å². The summed E-state index contributed by atoms with van der Waals surface area (Å²) in [6.45, 7) is 0.733. The first-order valence-corrected chi connectivity index (χ1v) is 4.03. The van der Waals surface area contributed by atoms with E-state index in [0.29, 0.717) is 0 Å². The Morgan fingerprint density at radius 1 is 1.50 bits per heavy atom. The first kappa shape index (κ1) is 7.55. The minimum atomic E-state index is -0.197. The Morgan fingerprint density at radius 2 is 2.33 bits per heavy atom. The molecule has 1 heterocycles. The smallest absolute Gasteiger partial charge is 0.125 e. The number of benzene rings is 1. The van der Waals surface area contributed by atoms with Gasteiger partial charge in [0.2, 0.25) is 0 Å². The summed E-state index contributed by atoms with van der Waals surface area (Å²) >= 11 is 0. The van der Waals surface area contributed by atoms with Gasteiger partial charge < -0.3 is 11.1 Å². The summed E-state index contributed by atoms with van der Waals surface area (Å²) in [5.74, 6) is -0.197. The van der Waals surface area contributed by atoms with E-state index in [4.69, 9.17) is 5.73 Å². The lowest BCUT2D eigenvalue weighted by Crippen LogP contribution is -2.35. The van der Waals surface area contributed by atoms with Crippen molar-refractivity contribution in [2.24, 2.45) is 5.73 Å². The Hall–Kier alpha value is -1.09. The van der Waals surface area contributed by atoms with Gasteiger partial charge in [-0.15, -0.1) is 0 Å².